The van der Waals surface area contributed by atoms with Crippen LogP contribution in [0.5, 0.6) is 0 Å². The van der Waals surface area contributed by atoms with Gasteiger partial charge >= 0.3 is 0 Å². The molecule has 1 atom stereocenters. The van der Waals surface area contributed by atoms with E-state index in [9.17, 15) is 9.90 Å². The molecule has 3 aromatic rings. The van der Waals surface area contributed by atoms with Gasteiger partial charge in [-0.2, -0.15) is 0 Å². The predicted molar refractivity (Wildman–Crippen MR) is 113 cm³/mol. The highest BCUT2D eigenvalue weighted by atomic mass is 32.1. The van der Waals surface area contributed by atoms with Crippen LogP contribution in [-0.2, 0) is 17.6 Å². The van der Waals surface area contributed by atoms with Crippen LogP contribution in [0.2, 0.25) is 0 Å². The van der Waals surface area contributed by atoms with Crippen LogP contribution < -0.4 is 16.4 Å². The molecule has 2 aromatic carbocycles. The molecule has 146 valence electrons. The monoisotopic (exact) mass is 396 g/mol. The number of nitrogens with one attached hydrogen (secondary N) is 2. The summed E-state index contributed by atoms with van der Waals surface area (Å²) in [5.74, 6) is -0.0910. The molecule has 0 saturated heterocycles. The Kier molecular flexibility index (Phi) is 7.13. The molecule has 0 fully saturated rings. The van der Waals surface area contributed by atoms with Gasteiger partial charge in [0.2, 0.25) is 5.91 Å². The maximum atomic E-state index is 12.1. The maximum absolute atomic E-state index is 12.1. The second kappa shape index (κ2) is 9.98. The molecule has 1 aromatic heterocycles. The molecule has 1 amide bonds. The Morgan fingerprint density at radius 2 is 1.89 bits per heavy atom. The molecule has 28 heavy (non-hydrogen) atoms. The molecular formula is C21H24N4O2S. The van der Waals surface area contributed by atoms with Crippen LogP contribution in [0.25, 0.3) is 0 Å². The second-order valence-electron chi connectivity index (χ2n) is 6.44. The molecule has 0 bridgehead atoms. The second-order valence-corrected chi connectivity index (χ2v) is 7.58. The third kappa shape index (κ3) is 5.88. The lowest BCUT2D eigenvalue weighted by Crippen LogP contribution is -2.26. The standard InChI is InChI=1S/C21H24N4O2S/c22-21-24-13-18(28-21)12-20(27)25-17-8-6-15(7-9-17)10-11-23-19(14-26)16-4-2-1-3-5-16/h1-9,13,19,23,26H,10-12,14H2,(H2,22,24)(H,25,27)/t19-/m0/s1. The number of aliphatic hydroxyl groups is 1. The molecule has 1 heterocycles. The van der Waals surface area contributed by atoms with Crippen molar-refractivity contribution in [3.63, 3.8) is 0 Å². The SMILES string of the molecule is Nc1ncc(CC(=O)Nc2ccc(CCN[C@@H](CO)c3ccccc3)cc2)s1. The minimum Gasteiger partial charge on any atom is -0.394 e. The van der Waals surface area contributed by atoms with Gasteiger partial charge in [-0.1, -0.05) is 42.5 Å². The first kappa shape index (κ1) is 20.0. The summed E-state index contributed by atoms with van der Waals surface area (Å²) in [6.07, 6.45) is 2.73. The fraction of sp³-hybridized carbons (Fsp3) is 0.238. The topological polar surface area (TPSA) is 100 Å². The maximum Gasteiger partial charge on any atom is 0.229 e. The van der Waals surface area contributed by atoms with Crippen molar-refractivity contribution in [1.29, 1.82) is 0 Å². The van der Waals surface area contributed by atoms with Gasteiger partial charge in [-0.25, -0.2) is 4.98 Å². The normalized spacial score (nSPS) is 11.9. The number of amides is 1. The van der Waals surface area contributed by atoms with Crippen LogP contribution >= 0.6 is 11.3 Å². The van der Waals surface area contributed by atoms with E-state index in [1.165, 1.54) is 11.3 Å². The minimum absolute atomic E-state index is 0.0559. The van der Waals surface area contributed by atoms with Crippen molar-refractivity contribution in [3.8, 4) is 0 Å². The van der Waals surface area contributed by atoms with Crippen molar-refractivity contribution in [1.82, 2.24) is 10.3 Å². The average molecular weight is 397 g/mol. The zero-order chi connectivity index (χ0) is 19.8. The van der Waals surface area contributed by atoms with E-state index in [-0.39, 0.29) is 25.0 Å². The van der Waals surface area contributed by atoms with Gasteiger partial charge < -0.3 is 21.5 Å². The van der Waals surface area contributed by atoms with Gasteiger partial charge in [0.25, 0.3) is 0 Å². The van der Waals surface area contributed by atoms with Crippen LogP contribution in [0.1, 0.15) is 22.0 Å². The molecule has 0 unspecified atom stereocenters. The summed E-state index contributed by atoms with van der Waals surface area (Å²) in [6, 6.07) is 17.6. The fourth-order valence-corrected chi connectivity index (χ4v) is 3.57. The Bertz CT molecular complexity index is 881. The highest BCUT2D eigenvalue weighted by Crippen LogP contribution is 2.16. The smallest absolute Gasteiger partial charge is 0.229 e. The molecule has 0 radical (unpaired) electrons. The summed E-state index contributed by atoms with van der Waals surface area (Å²) in [4.78, 5) is 16.9. The van der Waals surface area contributed by atoms with Gasteiger partial charge in [0, 0.05) is 16.8 Å². The van der Waals surface area contributed by atoms with Crippen molar-refractivity contribution < 1.29 is 9.90 Å². The molecule has 0 aliphatic rings. The van der Waals surface area contributed by atoms with Crippen LogP contribution in [0.4, 0.5) is 10.8 Å². The van der Waals surface area contributed by atoms with Gasteiger partial charge in [0.05, 0.1) is 19.1 Å². The van der Waals surface area contributed by atoms with Gasteiger partial charge in [-0.15, -0.1) is 11.3 Å². The number of nitrogens with zero attached hydrogens (tertiary/aromatic N) is 1. The summed E-state index contributed by atoms with van der Waals surface area (Å²) in [7, 11) is 0. The van der Waals surface area contributed by atoms with Gasteiger partial charge in [0.15, 0.2) is 5.13 Å². The van der Waals surface area contributed by atoms with E-state index in [1.807, 2.05) is 54.6 Å². The number of thiazole rings is 1. The number of aromatic nitrogens is 1. The molecule has 7 heteroatoms. The minimum atomic E-state index is -0.0910. The van der Waals surface area contributed by atoms with E-state index in [2.05, 4.69) is 15.6 Å². The Hall–Kier alpha value is -2.74. The van der Waals surface area contributed by atoms with Crippen molar-refractivity contribution in [2.75, 3.05) is 24.2 Å². The molecular weight excluding hydrogens is 372 g/mol. The molecule has 6 nitrogen and oxygen atoms in total. The molecule has 0 aliphatic heterocycles. The van der Waals surface area contributed by atoms with E-state index < -0.39 is 0 Å². The number of rotatable bonds is 9. The molecule has 0 saturated carbocycles. The highest BCUT2D eigenvalue weighted by Gasteiger charge is 2.09. The quantitative estimate of drug-likeness (QED) is 0.446. The summed E-state index contributed by atoms with van der Waals surface area (Å²) in [6.45, 7) is 0.805. The number of benzene rings is 2. The largest absolute Gasteiger partial charge is 0.394 e. The average Bonchev–Trinajstić information content (AvgIpc) is 3.11. The van der Waals surface area contributed by atoms with E-state index in [4.69, 9.17) is 5.73 Å². The Labute approximate surface area is 168 Å². The summed E-state index contributed by atoms with van der Waals surface area (Å²) in [5, 5.41) is 16.3. The zero-order valence-corrected chi connectivity index (χ0v) is 16.3. The molecule has 3 rings (SSSR count). The first-order chi connectivity index (χ1) is 13.6. The number of anilines is 2. The summed E-state index contributed by atoms with van der Waals surface area (Å²) >= 11 is 1.32. The van der Waals surface area contributed by atoms with E-state index >= 15 is 0 Å². The lowest BCUT2D eigenvalue weighted by Gasteiger charge is -2.16. The third-order valence-electron chi connectivity index (χ3n) is 4.33. The van der Waals surface area contributed by atoms with Crippen molar-refractivity contribution in [2.45, 2.75) is 18.9 Å². The Morgan fingerprint density at radius 3 is 2.54 bits per heavy atom. The molecule has 0 aliphatic carbocycles. The number of nitrogen functional groups attached to an aromatic ring is 1. The third-order valence-corrected chi connectivity index (χ3v) is 5.16. The van der Waals surface area contributed by atoms with Crippen LogP contribution in [-0.4, -0.2) is 29.1 Å². The first-order valence-electron chi connectivity index (χ1n) is 9.12. The van der Waals surface area contributed by atoms with Gasteiger partial charge in [-0.05, 0) is 36.2 Å². The number of hydrogen-bond acceptors (Lipinski definition) is 6. The number of carbonyl (C=O) groups excluding carboxylic acids is 1. The van der Waals surface area contributed by atoms with E-state index in [0.29, 0.717) is 5.13 Å². The Morgan fingerprint density at radius 1 is 1.14 bits per heavy atom. The summed E-state index contributed by atoms with van der Waals surface area (Å²) < 4.78 is 0. The van der Waals surface area contributed by atoms with E-state index in [0.717, 1.165) is 34.7 Å². The van der Waals surface area contributed by atoms with Gasteiger partial charge in [0.1, 0.15) is 0 Å². The number of nitrogens with two attached hydrogens (primary N) is 1. The Balaban J connectivity index is 1.45. The van der Waals surface area contributed by atoms with Crippen molar-refractivity contribution in [2.24, 2.45) is 0 Å². The molecule has 0 spiro atoms. The van der Waals surface area contributed by atoms with E-state index in [1.54, 1.807) is 6.20 Å². The number of carbonyl (C=O) groups is 1. The van der Waals surface area contributed by atoms with Crippen molar-refractivity contribution in [3.05, 3.63) is 76.8 Å². The summed E-state index contributed by atoms with van der Waals surface area (Å²) in [5.41, 5.74) is 8.57. The highest BCUT2D eigenvalue weighted by molar-refractivity contribution is 7.15. The number of aliphatic hydroxyl groups excluding tert-OH is 1. The van der Waals surface area contributed by atoms with Crippen LogP contribution in [0.3, 0.4) is 0 Å². The van der Waals surface area contributed by atoms with Gasteiger partial charge in [-0.3, -0.25) is 4.79 Å². The first-order valence-corrected chi connectivity index (χ1v) is 9.94. The number of hydrogen-bond donors (Lipinski definition) is 4. The zero-order valence-electron chi connectivity index (χ0n) is 15.5. The lowest BCUT2D eigenvalue weighted by atomic mass is 10.1. The fourth-order valence-electron chi connectivity index (χ4n) is 2.89. The molecule has 5 N–H and O–H groups in total. The predicted octanol–water partition coefficient (Wildman–Crippen LogP) is 2.77. The van der Waals surface area contributed by atoms with Crippen LogP contribution in [0.15, 0.2) is 60.8 Å². The van der Waals surface area contributed by atoms with Crippen LogP contribution in [0, 0.1) is 0 Å². The van der Waals surface area contributed by atoms with Crippen molar-refractivity contribution >= 4 is 28.1 Å². The lowest BCUT2D eigenvalue weighted by molar-refractivity contribution is -0.115.